The van der Waals surface area contributed by atoms with Gasteiger partial charge in [0.25, 0.3) is 0 Å². The molecule has 0 aromatic carbocycles. The molecule has 102 valence electrons. The largest absolute Gasteiger partial charge is 0.316 e. The maximum absolute atomic E-state index is 14.5. The van der Waals surface area contributed by atoms with Gasteiger partial charge in [-0.15, -0.1) is 0 Å². The van der Waals surface area contributed by atoms with Crippen LogP contribution in [0.4, 0.5) is 4.39 Å². The van der Waals surface area contributed by atoms with Gasteiger partial charge in [-0.3, -0.25) is 0 Å². The van der Waals surface area contributed by atoms with Crippen molar-refractivity contribution in [1.29, 1.82) is 0 Å². The van der Waals surface area contributed by atoms with Gasteiger partial charge in [0, 0.05) is 12.5 Å². The van der Waals surface area contributed by atoms with Crippen molar-refractivity contribution in [1.82, 2.24) is 5.32 Å². The molecule has 0 amide bonds. The summed E-state index contributed by atoms with van der Waals surface area (Å²) in [5.74, 6) is 0.242. The van der Waals surface area contributed by atoms with Gasteiger partial charge in [-0.1, -0.05) is 45.4 Å². The van der Waals surface area contributed by atoms with Crippen LogP contribution in [0.25, 0.3) is 0 Å². The molecule has 1 rings (SSSR count). The minimum Gasteiger partial charge on any atom is -0.316 e. The molecule has 1 saturated heterocycles. The molecular weight excluding hydrogens is 213 g/mol. The van der Waals surface area contributed by atoms with Crippen LogP contribution in [0.1, 0.15) is 71.6 Å². The molecule has 0 aliphatic carbocycles. The van der Waals surface area contributed by atoms with Gasteiger partial charge in [0.2, 0.25) is 0 Å². The highest BCUT2D eigenvalue weighted by molar-refractivity contribution is 4.86. The number of unbranched alkanes of at least 4 members (excludes halogenated alkanes) is 5. The number of nitrogens with one attached hydrogen (secondary N) is 1. The topological polar surface area (TPSA) is 12.0 Å². The van der Waals surface area contributed by atoms with Crippen molar-refractivity contribution in [3.05, 3.63) is 0 Å². The third kappa shape index (κ3) is 5.85. The first-order valence-electron chi connectivity index (χ1n) is 7.56. The van der Waals surface area contributed by atoms with Crippen molar-refractivity contribution >= 4 is 0 Å². The molecule has 1 aliphatic rings. The van der Waals surface area contributed by atoms with Gasteiger partial charge in [-0.05, 0) is 32.7 Å². The second kappa shape index (κ2) is 8.07. The third-order valence-corrected chi connectivity index (χ3v) is 4.17. The van der Waals surface area contributed by atoms with Gasteiger partial charge in [-0.2, -0.15) is 0 Å². The van der Waals surface area contributed by atoms with Crippen molar-refractivity contribution in [3.63, 3.8) is 0 Å². The maximum Gasteiger partial charge on any atom is 0.112 e. The number of piperidine rings is 1. The molecule has 2 atom stereocenters. The molecule has 2 unspecified atom stereocenters. The van der Waals surface area contributed by atoms with E-state index < -0.39 is 5.67 Å². The zero-order chi connectivity index (χ0) is 12.6. The van der Waals surface area contributed by atoms with Gasteiger partial charge in [-0.25, -0.2) is 4.39 Å². The fourth-order valence-corrected chi connectivity index (χ4v) is 2.82. The molecular formula is C15H30FN. The molecule has 0 saturated carbocycles. The van der Waals surface area contributed by atoms with Gasteiger partial charge >= 0.3 is 0 Å². The Morgan fingerprint density at radius 3 is 2.53 bits per heavy atom. The van der Waals surface area contributed by atoms with Crippen LogP contribution in [0, 0.1) is 5.92 Å². The molecule has 1 N–H and O–H groups in total. The van der Waals surface area contributed by atoms with E-state index in [0.717, 1.165) is 38.8 Å². The smallest absolute Gasteiger partial charge is 0.112 e. The first-order chi connectivity index (χ1) is 8.17. The highest BCUT2D eigenvalue weighted by Gasteiger charge is 2.34. The van der Waals surface area contributed by atoms with E-state index in [1.807, 2.05) is 6.92 Å². The number of halogens is 1. The molecule has 17 heavy (non-hydrogen) atoms. The predicted molar refractivity (Wildman–Crippen MR) is 73.1 cm³/mol. The van der Waals surface area contributed by atoms with E-state index in [4.69, 9.17) is 0 Å². The maximum atomic E-state index is 14.5. The molecule has 1 aliphatic heterocycles. The molecule has 0 aromatic heterocycles. The van der Waals surface area contributed by atoms with Gasteiger partial charge < -0.3 is 5.32 Å². The van der Waals surface area contributed by atoms with Crippen LogP contribution >= 0.6 is 0 Å². The summed E-state index contributed by atoms with van der Waals surface area (Å²) < 4.78 is 14.5. The van der Waals surface area contributed by atoms with Gasteiger partial charge in [0.15, 0.2) is 0 Å². The Hall–Kier alpha value is -0.110. The van der Waals surface area contributed by atoms with E-state index >= 15 is 0 Å². The zero-order valence-corrected chi connectivity index (χ0v) is 11.7. The van der Waals surface area contributed by atoms with Crippen LogP contribution in [0.3, 0.4) is 0 Å². The van der Waals surface area contributed by atoms with E-state index in [0.29, 0.717) is 0 Å². The lowest BCUT2D eigenvalue weighted by molar-refractivity contribution is 0.0707. The van der Waals surface area contributed by atoms with Crippen molar-refractivity contribution in [2.75, 3.05) is 13.1 Å². The molecule has 2 heteroatoms. The second-order valence-electron chi connectivity index (χ2n) is 5.84. The average Bonchev–Trinajstić information content (AvgIpc) is 2.35. The Labute approximate surface area is 107 Å². The minimum atomic E-state index is -0.946. The van der Waals surface area contributed by atoms with E-state index in [-0.39, 0.29) is 5.92 Å². The van der Waals surface area contributed by atoms with Crippen LogP contribution in [0.15, 0.2) is 0 Å². The van der Waals surface area contributed by atoms with Crippen LogP contribution in [0.5, 0.6) is 0 Å². The van der Waals surface area contributed by atoms with Crippen molar-refractivity contribution < 1.29 is 4.39 Å². The summed E-state index contributed by atoms with van der Waals surface area (Å²) in [7, 11) is 0. The fraction of sp³-hybridized carbons (Fsp3) is 1.00. The summed E-state index contributed by atoms with van der Waals surface area (Å²) in [5.41, 5.74) is -0.946. The first-order valence-corrected chi connectivity index (χ1v) is 7.56. The summed E-state index contributed by atoms with van der Waals surface area (Å²) in [4.78, 5) is 0. The summed E-state index contributed by atoms with van der Waals surface area (Å²) in [5, 5.41) is 3.32. The zero-order valence-electron chi connectivity index (χ0n) is 11.7. The van der Waals surface area contributed by atoms with Crippen LogP contribution in [-0.2, 0) is 0 Å². The second-order valence-corrected chi connectivity index (χ2v) is 5.84. The number of hydrogen-bond donors (Lipinski definition) is 1. The Morgan fingerprint density at radius 2 is 1.88 bits per heavy atom. The van der Waals surface area contributed by atoms with E-state index in [2.05, 4.69) is 12.2 Å². The van der Waals surface area contributed by atoms with Crippen molar-refractivity contribution in [3.8, 4) is 0 Å². The summed E-state index contributed by atoms with van der Waals surface area (Å²) >= 11 is 0. The highest BCUT2D eigenvalue weighted by atomic mass is 19.1. The van der Waals surface area contributed by atoms with Crippen molar-refractivity contribution in [2.24, 2.45) is 5.92 Å². The first kappa shape index (κ1) is 14.9. The Kier molecular flexibility index (Phi) is 7.10. The Balaban J connectivity index is 2.10. The summed E-state index contributed by atoms with van der Waals surface area (Å²) in [6.45, 7) is 6.00. The fourth-order valence-electron chi connectivity index (χ4n) is 2.82. The minimum absolute atomic E-state index is 0.242. The molecule has 0 radical (unpaired) electrons. The predicted octanol–water partition coefficient (Wildman–Crippen LogP) is 4.46. The van der Waals surface area contributed by atoms with Crippen LogP contribution < -0.4 is 5.32 Å². The van der Waals surface area contributed by atoms with Gasteiger partial charge in [0.1, 0.15) is 5.67 Å². The lowest BCUT2D eigenvalue weighted by atomic mass is 9.81. The SMILES string of the molecule is CCCCCCCCC(C)(F)C1CCCNC1. The third-order valence-electron chi connectivity index (χ3n) is 4.17. The van der Waals surface area contributed by atoms with Crippen LogP contribution in [0.2, 0.25) is 0 Å². The molecule has 0 bridgehead atoms. The molecule has 1 fully saturated rings. The molecule has 1 nitrogen and oxygen atoms in total. The lowest BCUT2D eigenvalue weighted by Crippen LogP contribution is -2.41. The monoisotopic (exact) mass is 243 g/mol. The van der Waals surface area contributed by atoms with E-state index in [1.165, 1.54) is 32.1 Å². The number of hydrogen-bond acceptors (Lipinski definition) is 1. The molecule has 1 heterocycles. The Morgan fingerprint density at radius 1 is 1.18 bits per heavy atom. The average molecular weight is 243 g/mol. The standard InChI is InChI=1S/C15H30FN/c1-3-4-5-6-7-8-11-15(2,16)14-10-9-12-17-13-14/h14,17H,3-13H2,1-2H3. The quantitative estimate of drug-likeness (QED) is 0.620. The lowest BCUT2D eigenvalue weighted by Gasteiger charge is -2.34. The molecule has 0 spiro atoms. The van der Waals surface area contributed by atoms with E-state index in [1.54, 1.807) is 0 Å². The van der Waals surface area contributed by atoms with Crippen molar-refractivity contribution in [2.45, 2.75) is 77.3 Å². The summed E-state index contributed by atoms with van der Waals surface area (Å²) in [6, 6.07) is 0. The molecule has 0 aromatic rings. The normalized spacial score (nSPS) is 24.5. The number of alkyl halides is 1. The number of rotatable bonds is 8. The summed E-state index contributed by atoms with van der Waals surface area (Å²) in [6.07, 6.45) is 10.5. The van der Waals surface area contributed by atoms with Gasteiger partial charge in [0.05, 0.1) is 0 Å². The van der Waals surface area contributed by atoms with E-state index in [9.17, 15) is 4.39 Å². The van der Waals surface area contributed by atoms with Crippen LogP contribution in [-0.4, -0.2) is 18.8 Å². The highest BCUT2D eigenvalue weighted by Crippen LogP contribution is 2.32. The Bertz CT molecular complexity index is 185.